The Morgan fingerprint density at radius 3 is 2.50 bits per heavy atom. The van der Waals surface area contributed by atoms with Crippen LogP contribution in [0.5, 0.6) is 0 Å². The topological polar surface area (TPSA) is 76.4 Å². The summed E-state index contributed by atoms with van der Waals surface area (Å²) >= 11 is 0. The minimum atomic E-state index is -3.45. The van der Waals surface area contributed by atoms with Crippen LogP contribution in [-0.4, -0.2) is 20.6 Å². The van der Waals surface area contributed by atoms with Crippen molar-refractivity contribution in [3.05, 3.63) is 54.0 Å². The fourth-order valence-electron chi connectivity index (χ4n) is 1.86. The van der Waals surface area contributed by atoms with Crippen LogP contribution in [0, 0.1) is 0 Å². The molecule has 0 bridgehead atoms. The van der Waals surface area contributed by atoms with Crippen molar-refractivity contribution in [2.45, 2.75) is 17.9 Å². The summed E-state index contributed by atoms with van der Waals surface area (Å²) in [7, 11) is -3.45. The lowest BCUT2D eigenvalue weighted by Gasteiger charge is -2.13. The lowest BCUT2D eigenvalue weighted by atomic mass is 10.2. The highest BCUT2D eigenvalue weighted by Gasteiger charge is 2.20. The zero-order valence-electron chi connectivity index (χ0n) is 11.2. The van der Waals surface area contributed by atoms with Crippen LogP contribution in [0.25, 0.3) is 0 Å². The molecule has 0 radical (unpaired) electrons. The van der Waals surface area contributed by atoms with Crippen molar-refractivity contribution in [2.24, 2.45) is 0 Å². The molecule has 106 valence electrons. The van der Waals surface area contributed by atoms with Crippen LogP contribution in [-0.2, 0) is 9.84 Å². The molecule has 0 saturated carbocycles. The van der Waals surface area contributed by atoms with Crippen molar-refractivity contribution in [1.82, 2.24) is 5.32 Å². The molecule has 0 spiro atoms. The van der Waals surface area contributed by atoms with E-state index in [1.165, 1.54) is 18.4 Å². The fourth-order valence-corrected chi connectivity index (χ4v) is 2.75. The summed E-state index contributed by atoms with van der Waals surface area (Å²) in [5.74, 6) is 0.158. The number of hydrogen-bond acceptors (Lipinski definition) is 4. The molecule has 5 nitrogen and oxygen atoms in total. The molecule has 20 heavy (non-hydrogen) atoms. The molecule has 2 rings (SSSR count). The summed E-state index contributed by atoms with van der Waals surface area (Å²) in [5.41, 5.74) is 0.133. The maximum absolute atomic E-state index is 12.2. The molecule has 1 N–H and O–H groups in total. The second-order valence-corrected chi connectivity index (χ2v) is 6.46. The zero-order valence-corrected chi connectivity index (χ0v) is 12.0. The van der Waals surface area contributed by atoms with E-state index in [1.54, 1.807) is 31.2 Å². The maximum atomic E-state index is 12.2. The maximum Gasteiger partial charge on any atom is 0.253 e. The van der Waals surface area contributed by atoms with Crippen molar-refractivity contribution < 1.29 is 17.6 Å². The van der Waals surface area contributed by atoms with E-state index in [9.17, 15) is 13.2 Å². The van der Waals surface area contributed by atoms with E-state index >= 15 is 0 Å². The van der Waals surface area contributed by atoms with Gasteiger partial charge in [0.05, 0.1) is 22.8 Å². The highest BCUT2D eigenvalue weighted by Crippen LogP contribution is 2.18. The van der Waals surface area contributed by atoms with Gasteiger partial charge in [-0.1, -0.05) is 12.1 Å². The van der Waals surface area contributed by atoms with Crippen molar-refractivity contribution in [3.8, 4) is 0 Å². The molecule has 1 aromatic carbocycles. The summed E-state index contributed by atoms with van der Waals surface area (Å²) in [6.07, 6.45) is 2.59. The van der Waals surface area contributed by atoms with Gasteiger partial charge in [0.2, 0.25) is 0 Å². The van der Waals surface area contributed by atoms with Crippen LogP contribution in [0.3, 0.4) is 0 Å². The SMILES string of the molecule is C[C@H](NC(=O)c1ccccc1S(C)(=O)=O)c1ccco1. The smallest absolute Gasteiger partial charge is 0.253 e. The van der Waals surface area contributed by atoms with E-state index in [1.807, 2.05) is 0 Å². The van der Waals surface area contributed by atoms with Crippen molar-refractivity contribution in [1.29, 1.82) is 0 Å². The Morgan fingerprint density at radius 2 is 1.90 bits per heavy atom. The number of amides is 1. The van der Waals surface area contributed by atoms with E-state index in [4.69, 9.17) is 4.42 Å². The number of nitrogens with one attached hydrogen (secondary N) is 1. The summed E-state index contributed by atoms with van der Waals surface area (Å²) in [4.78, 5) is 12.2. The first kappa shape index (κ1) is 14.3. The Balaban J connectivity index is 2.27. The average molecular weight is 293 g/mol. The van der Waals surface area contributed by atoms with Crippen molar-refractivity contribution >= 4 is 15.7 Å². The molecule has 6 heteroatoms. The van der Waals surface area contributed by atoms with Crippen LogP contribution in [0.2, 0.25) is 0 Å². The minimum Gasteiger partial charge on any atom is -0.467 e. The summed E-state index contributed by atoms with van der Waals surface area (Å²) in [6, 6.07) is 9.24. The van der Waals surface area contributed by atoms with E-state index < -0.39 is 15.7 Å². The lowest BCUT2D eigenvalue weighted by molar-refractivity contribution is 0.0932. The quantitative estimate of drug-likeness (QED) is 0.937. The van der Waals surface area contributed by atoms with Crippen molar-refractivity contribution in [2.75, 3.05) is 6.26 Å². The molecular formula is C14H15NO4S. The van der Waals surface area contributed by atoms with E-state index in [2.05, 4.69) is 5.32 Å². The van der Waals surface area contributed by atoms with Gasteiger partial charge in [-0.25, -0.2) is 8.42 Å². The highest BCUT2D eigenvalue weighted by atomic mass is 32.2. The predicted octanol–water partition coefficient (Wildman–Crippen LogP) is 2.17. The summed E-state index contributed by atoms with van der Waals surface area (Å²) < 4.78 is 28.5. The normalized spacial score (nSPS) is 12.9. The number of sulfone groups is 1. The number of carbonyl (C=O) groups excluding carboxylic acids is 1. The summed E-state index contributed by atoms with van der Waals surface area (Å²) in [6.45, 7) is 1.76. The second kappa shape index (κ2) is 5.50. The highest BCUT2D eigenvalue weighted by molar-refractivity contribution is 7.90. The Kier molecular flexibility index (Phi) is 3.94. The first-order valence-corrected chi connectivity index (χ1v) is 7.92. The molecule has 0 saturated heterocycles. The largest absolute Gasteiger partial charge is 0.467 e. The number of rotatable bonds is 4. The molecule has 2 aromatic rings. The van der Waals surface area contributed by atoms with Gasteiger partial charge in [-0.15, -0.1) is 0 Å². The van der Waals surface area contributed by atoms with Crippen LogP contribution in [0.15, 0.2) is 52.0 Å². The van der Waals surface area contributed by atoms with Crippen LogP contribution >= 0.6 is 0 Å². The Bertz CT molecular complexity index is 705. The Morgan fingerprint density at radius 1 is 1.20 bits per heavy atom. The monoisotopic (exact) mass is 293 g/mol. The first-order chi connectivity index (χ1) is 9.39. The molecule has 1 aromatic heterocycles. The lowest BCUT2D eigenvalue weighted by Crippen LogP contribution is -2.27. The van der Waals surface area contributed by atoms with E-state index in [-0.39, 0.29) is 16.5 Å². The molecule has 1 amide bonds. The molecule has 1 heterocycles. The van der Waals surface area contributed by atoms with Crippen molar-refractivity contribution in [3.63, 3.8) is 0 Å². The fraction of sp³-hybridized carbons (Fsp3) is 0.214. The average Bonchev–Trinajstić information content (AvgIpc) is 2.91. The van der Waals surface area contributed by atoms with Gasteiger partial charge < -0.3 is 9.73 Å². The van der Waals surface area contributed by atoms with Gasteiger partial charge in [-0.2, -0.15) is 0 Å². The minimum absolute atomic E-state index is 0.0177. The zero-order chi connectivity index (χ0) is 14.8. The summed E-state index contributed by atoms with van der Waals surface area (Å²) in [5, 5.41) is 2.71. The van der Waals surface area contributed by atoms with Gasteiger partial charge in [0.15, 0.2) is 9.84 Å². The molecular weight excluding hydrogens is 278 g/mol. The third kappa shape index (κ3) is 3.08. The van der Waals surface area contributed by atoms with Gasteiger partial charge in [-0.3, -0.25) is 4.79 Å². The molecule has 0 aliphatic carbocycles. The standard InChI is InChI=1S/C14H15NO4S/c1-10(12-7-5-9-19-12)15-14(16)11-6-3-4-8-13(11)20(2,17)18/h3-10H,1-2H3,(H,15,16)/t10-/m0/s1. The van der Waals surface area contributed by atoms with Gasteiger partial charge in [0.25, 0.3) is 5.91 Å². The van der Waals surface area contributed by atoms with Gasteiger partial charge in [-0.05, 0) is 31.2 Å². The number of furan rings is 1. The number of benzene rings is 1. The molecule has 0 aliphatic heterocycles. The van der Waals surface area contributed by atoms with Gasteiger partial charge in [0.1, 0.15) is 5.76 Å². The Hall–Kier alpha value is -2.08. The second-order valence-electron chi connectivity index (χ2n) is 4.48. The first-order valence-electron chi connectivity index (χ1n) is 6.03. The molecule has 1 atom stereocenters. The van der Waals surface area contributed by atoms with E-state index in [0.29, 0.717) is 5.76 Å². The third-order valence-electron chi connectivity index (χ3n) is 2.85. The van der Waals surface area contributed by atoms with Gasteiger partial charge >= 0.3 is 0 Å². The van der Waals surface area contributed by atoms with Crippen LogP contribution in [0.4, 0.5) is 0 Å². The number of carbonyl (C=O) groups is 1. The van der Waals surface area contributed by atoms with Crippen LogP contribution in [0.1, 0.15) is 29.1 Å². The molecule has 0 unspecified atom stereocenters. The number of hydrogen-bond donors (Lipinski definition) is 1. The third-order valence-corrected chi connectivity index (χ3v) is 4.00. The van der Waals surface area contributed by atoms with Gasteiger partial charge in [0, 0.05) is 6.26 Å². The Labute approximate surface area is 117 Å². The molecule has 0 aliphatic rings. The molecule has 0 fully saturated rings. The van der Waals surface area contributed by atoms with E-state index in [0.717, 1.165) is 6.26 Å². The van der Waals surface area contributed by atoms with Crippen LogP contribution < -0.4 is 5.32 Å². The predicted molar refractivity (Wildman–Crippen MR) is 74.1 cm³/mol.